The van der Waals surface area contributed by atoms with E-state index in [4.69, 9.17) is 14.2 Å². The van der Waals surface area contributed by atoms with Crippen LogP contribution >= 0.6 is 0 Å². The number of ether oxygens (including phenoxy) is 3. The molecule has 0 aromatic heterocycles. The minimum Gasteiger partial charge on any atom is -0.507 e. The quantitative estimate of drug-likeness (QED) is 0.240. The number of aliphatic hydroxyl groups excluding tert-OH is 1. The van der Waals surface area contributed by atoms with Gasteiger partial charge in [0.15, 0.2) is 0 Å². The molecular weight excluding hydrogens is 474 g/mol. The minimum atomic E-state index is -0.928. The first-order chi connectivity index (χ1) is 17.8. The lowest BCUT2D eigenvalue weighted by Gasteiger charge is -2.26. The third kappa shape index (κ3) is 4.20. The fourth-order valence-corrected chi connectivity index (χ4v) is 4.83. The maximum absolute atomic E-state index is 13.4. The molecule has 0 aliphatic carbocycles. The van der Waals surface area contributed by atoms with Gasteiger partial charge < -0.3 is 19.3 Å². The SMILES string of the molecule is COC(=O)c1ccc(N2C(=O)C(=O)/C(=C(\O)c3ccc4c(c3)CC(C)O4)C2c2cccc(OC)c2)cc1. The van der Waals surface area contributed by atoms with E-state index in [0.29, 0.717) is 34.5 Å². The van der Waals surface area contributed by atoms with Gasteiger partial charge in [0, 0.05) is 17.7 Å². The van der Waals surface area contributed by atoms with Crippen molar-refractivity contribution in [1.29, 1.82) is 0 Å². The summed E-state index contributed by atoms with van der Waals surface area (Å²) >= 11 is 0. The summed E-state index contributed by atoms with van der Waals surface area (Å²) in [4.78, 5) is 40.0. The van der Waals surface area contributed by atoms with Gasteiger partial charge in [0.1, 0.15) is 23.4 Å². The van der Waals surface area contributed by atoms with Gasteiger partial charge in [-0.15, -0.1) is 0 Å². The van der Waals surface area contributed by atoms with Crippen molar-refractivity contribution < 1.29 is 33.7 Å². The van der Waals surface area contributed by atoms with Crippen LogP contribution in [0.5, 0.6) is 11.5 Å². The Bertz CT molecular complexity index is 1440. The molecule has 1 amide bonds. The van der Waals surface area contributed by atoms with E-state index in [1.54, 1.807) is 54.6 Å². The van der Waals surface area contributed by atoms with Crippen molar-refractivity contribution in [1.82, 2.24) is 0 Å². The second kappa shape index (κ2) is 9.46. The largest absolute Gasteiger partial charge is 0.507 e. The number of anilines is 1. The predicted molar refractivity (Wildman–Crippen MR) is 136 cm³/mol. The van der Waals surface area contributed by atoms with Crippen LogP contribution in [0.1, 0.15) is 40.0 Å². The van der Waals surface area contributed by atoms with Gasteiger partial charge in [-0.05, 0) is 72.6 Å². The maximum Gasteiger partial charge on any atom is 0.337 e. The second-order valence-corrected chi connectivity index (χ2v) is 8.94. The molecule has 0 radical (unpaired) electrons. The van der Waals surface area contributed by atoms with Gasteiger partial charge in [-0.3, -0.25) is 14.5 Å². The fourth-order valence-electron chi connectivity index (χ4n) is 4.83. The summed E-state index contributed by atoms with van der Waals surface area (Å²) < 4.78 is 15.9. The molecular formula is C29H25NO7. The molecule has 37 heavy (non-hydrogen) atoms. The zero-order chi connectivity index (χ0) is 26.3. The number of carbonyl (C=O) groups is 3. The van der Waals surface area contributed by atoms with Crippen LogP contribution in [0.3, 0.4) is 0 Å². The van der Waals surface area contributed by atoms with Gasteiger partial charge in [-0.1, -0.05) is 12.1 Å². The Labute approximate surface area is 213 Å². The van der Waals surface area contributed by atoms with E-state index >= 15 is 0 Å². The molecule has 0 saturated carbocycles. The third-order valence-electron chi connectivity index (χ3n) is 6.59. The van der Waals surface area contributed by atoms with Crippen molar-refractivity contribution in [3.63, 3.8) is 0 Å². The Hall–Kier alpha value is -4.59. The number of amides is 1. The first kappa shape index (κ1) is 24.1. The molecule has 1 saturated heterocycles. The first-order valence-electron chi connectivity index (χ1n) is 11.8. The molecule has 0 spiro atoms. The Kier molecular flexibility index (Phi) is 6.17. The summed E-state index contributed by atoms with van der Waals surface area (Å²) in [5.74, 6) is -1.13. The molecule has 2 unspecified atom stereocenters. The highest BCUT2D eigenvalue weighted by atomic mass is 16.5. The molecule has 5 rings (SSSR count). The number of carbonyl (C=O) groups excluding carboxylic acids is 3. The molecule has 188 valence electrons. The van der Waals surface area contributed by atoms with E-state index < -0.39 is 23.7 Å². The van der Waals surface area contributed by atoms with Crippen LogP contribution in [0.4, 0.5) is 5.69 Å². The highest BCUT2D eigenvalue weighted by Crippen LogP contribution is 2.43. The van der Waals surface area contributed by atoms with E-state index in [9.17, 15) is 19.5 Å². The summed E-state index contributed by atoms with van der Waals surface area (Å²) in [5, 5.41) is 11.4. The molecule has 2 aliphatic rings. The van der Waals surface area contributed by atoms with E-state index in [1.807, 2.05) is 6.92 Å². The smallest absolute Gasteiger partial charge is 0.337 e. The Morgan fingerprint density at radius 2 is 1.73 bits per heavy atom. The molecule has 1 fully saturated rings. The van der Waals surface area contributed by atoms with Gasteiger partial charge >= 0.3 is 5.97 Å². The molecule has 1 N–H and O–H groups in total. The number of benzene rings is 3. The van der Waals surface area contributed by atoms with Crippen LogP contribution in [0.15, 0.2) is 72.3 Å². The summed E-state index contributed by atoms with van der Waals surface area (Å²) in [6.07, 6.45) is 0.694. The fraction of sp³-hybridized carbons (Fsp3) is 0.207. The Balaban J connectivity index is 1.66. The van der Waals surface area contributed by atoms with Gasteiger partial charge in [0.25, 0.3) is 11.7 Å². The number of aliphatic hydroxyl groups is 1. The van der Waals surface area contributed by atoms with Gasteiger partial charge in [0.05, 0.1) is 31.4 Å². The average molecular weight is 500 g/mol. The lowest BCUT2D eigenvalue weighted by atomic mass is 9.94. The summed E-state index contributed by atoms with van der Waals surface area (Å²) in [6.45, 7) is 1.96. The molecule has 0 bridgehead atoms. The molecule has 8 heteroatoms. The second-order valence-electron chi connectivity index (χ2n) is 8.94. The molecule has 8 nitrogen and oxygen atoms in total. The zero-order valence-corrected chi connectivity index (χ0v) is 20.6. The average Bonchev–Trinajstić information content (AvgIpc) is 3.43. The van der Waals surface area contributed by atoms with Gasteiger partial charge in [-0.2, -0.15) is 0 Å². The number of esters is 1. The van der Waals surface area contributed by atoms with Crippen molar-refractivity contribution in [3.05, 3.63) is 94.6 Å². The molecule has 3 aromatic carbocycles. The van der Waals surface area contributed by atoms with Gasteiger partial charge in [0.2, 0.25) is 0 Å². The highest BCUT2D eigenvalue weighted by molar-refractivity contribution is 6.51. The number of Topliss-reactive ketones (excluding diaryl/α,β-unsaturated/α-hetero) is 1. The third-order valence-corrected chi connectivity index (χ3v) is 6.59. The van der Waals surface area contributed by atoms with Crippen LogP contribution in [0.25, 0.3) is 5.76 Å². The molecule has 2 aliphatic heterocycles. The molecule has 2 heterocycles. The molecule has 3 aromatic rings. The summed E-state index contributed by atoms with van der Waals surface area (Å²) in [7, 11) is 2.80. The van der Waals surface area contributed by atoms with E-state index in [2.05, 4.69) is 0 Å². The standard InChI is InChI=1S/C29H25NO7/c1-16-13-20-14-19(9-12-23(20)37-16)26(31)24-25(18-5-4-6-22(15-18)35-2)30(28(33)27(24)32)21-10-7-17(8-11-21)29(34)36-3/h4-12,14-16,25,31H,13H2,1-3H3/b26-24-. The van der Waals surface area contributed by atoms with Crippen LogP contribution in [-0.4, -0.2) is 43.1 Å². The zero-order valence-electron chi connectivity index (χ0n) is 20.6. The van der Waals surface area contributed by atoms with Crippen molar-refractivity contribution in [2.75, 3.05) is 19.1 Å². The van der Waals surface area contributed by atoms with Crippen molar-refractivity contribution in [2.45, 2.75) is 25.5 Å². The number of methoxy groups -OCH3 is 2. The normalized spacial score (nSPS) is 19.9. The van der Waals surface area contributed by atoms with E-state index in [-0.39, 0.29) is 17.4 Å². The lowest BCUT2D eigenvalue weighted by molar-refractivity contribution is -0.132. The topological polar surface area (TPSA) is 102 Å². The Morgan fingerprint density at radius 1 is 1.00 bits per heavy atom. The van der Waals surface area contributed by atoms with Crippen LogP contribution in [-0.2, 0) is 20.7 Å². The number of hydrogen-bond donors (Lipinski definition) is 1. The first-order valence-corrected chi connectivity index (χ1v) is 11.8. The van der Waals surface area contributed by atoms with Crippen molar-refractivity contribution >= 4 is 29.1 Å². The summed E-state index contributed by atoms with van der Waals surface area (Å²) in [6, 6.07) is 17.5. The maximum atomic E-state index is 13.4. The monoisotopic (exact) mass is 499 g/mol. The Morgan fingerprint density at radius 3 is 2.43 bits per heavy atom. The van der Waals surface area contributed by atoms with E-state index in [0.717, 1.165) is 11.3 Å². The van der Waals surface area contributed by atoms with Crippen LogP contribution < -0.4 is 14.4 Å². The summed E-state index contributed by atoms with van der Waals surface area (Å²) in [5.41, 5.74) is 2.57. The number of ketones is 1. The van der Waals surface area contributed by atoms with Crippen molar-refractivity contribution in [2.24, 2.45) is 0 Å². The van der Waals surface area contributed by atoms with Gasteiger partial charge in [-0.25, -0.2) is 4.79 Å². The number of hydrogen-bond acceptors (Lipinski definition) is 7. The predicted octanol–water partition coefficient (Wildman–Crippen LogP) is 4.43. The van der Waals surface area contributed by atoms with Crippen molar-refractivity contribution in [3.8, 4) is 11.5 Å². The van der Waals surface area contributed by atoms with E-state index in [1.165, 1.54) is 31.3 Å². The minimum absolute atomic E-state index is 0.0164. The lowest BCUT2D eigenvalue weighted by Crippen LogP contribution is -2.29. The number of rotatable bonds is 5. The number of nitrogens with zero attached hydrogens (tertiary/aromatic N) is 1. The molecule has 2 atom stereocenters. The highest BCUT2D eigenvalue weighted by Gasteiger charge is 2.47. The van der Waals surface area contributed by atoms with Crippen LogP contribution in [0, 0.1) is 0 Å². The van der Waals surface area contributed by atoms with Crippen LogP contribution in [0.2, 0.25) is 0 Å². The number of fused-ring (bicyclic) bond motifs is 1.